The van der Waals surface area contributed by atoms with Crippen LogP contribution in [0.25, 0.3) is 0 Å². The minimum absolute atomic E-state index is 0.0502. The lowest BCUT2D eigenvalue weighted by Crippen LogP contribution is -2.51. The third kappa shape index (κ3) is 9.37. The van der Waals surface area contributed by atoms with E-state index in [1.54, 1.807) is 19.0 Å². The van der Waals surface area contributed by atoms with Crippen LogP contribution in [-0.4, -0.2) is 79.7 Å². The first-order valence-electron chi connectivity index (χ1n) is 10.6. The number of guanidine groups is 1. The Morgan fingerprint density at radius 2 is 1.79 bits per heavy atom. The van der Waals surface area contributed by atoms with E-state index in [1.807, 2.05) is 39.5 Å². The van der Waals surface area contributed by atoms with Crippen LogP contribution in [0.4, 0.5) is 4.79 Å². The molecule has 1 saturated heterocycles. The molecule has 2 amide bonds. The van der Waals surface area contributed by atoms with Crippen LogP contribution in [-0.2, 0) is 9.53 Å². The van der Waals surface area contributed by atoms with E-state index < -0.39 is 5.60 Å². The molecule has 1 rings (SSSR count). The van der Waals surface area contributed by atoms with E-state index in [0.29, 0.717) is 19.1 Å². The van der Waals surface area contributed by atoms with Gasteiger partial charge in [-0.05, 0) is 39.5 Å². The van der Waals surface area contributed by atoms with E-state index in [0.717, 1.165) is 31.9 Å². The van der Waals surface area contributed by atoms with Gasteiger partial charge in [0.25, 0.3) is 0 Å². The predicted octanol–water partition coefficient (Wildman–Crippen LogP) is 2.30. The summed E-state index contributed by atoms with van der Waals surface area (Å²) in [6.45, 7) is 14.4. The van der Waals surface area contributed by atoms with Crippen molar-refractivity contribution in [3.8, 4) is 0 Å². The summed E-state index contributed by atoms with van der Waals surface area (Å²) in [5, 5.41) is 6.79. The molecule has 8 nitrogen and oxygen atoms in total. The van der Waals surface area contributed by atoms with Crippen molar-refractivity contribution < 1.29 is 14.3 Å². The third-order valence-electron chi connectivity index (χ3n) is 4.77. The second-order valence-electron chi connectivity index (χ2n) is 9.32. The van der Waals surface area contributed by atoms with Crippen molar-refractivity contribution in [2.24, 2.45) is 16.8 Å². The highest BCUT2D eigenvalue weighted by atomic mass is 16.6. The molecule has 0 aromatic rings. The smallest absolute Gasteiger partial charge is 0.410 e. The number of hydrogen-bond acceptors (Lipinski definition) is 4. The van der Waals surface area contributed by atoms with Crippen LogP contribution < -0.4 is 10.6 Å². The summed E-state index contributed by atoms with van der Waals surface area (Å²) >= 11 is 0. The number of likely N-dealkylation sites (tertiary alicyclic amines) is 1. The molecule has 0 aliphatic carbocycles. The van der Waals surface area contributed by atoms with Crippen molar-refractivity contribution >= 4 is 18.0 Å². The molecule has 0 radical (unpaired) electrons. The lowest BCUT2D eigenvalue weighted by molar-refractivity contribution is -0.135. The highest BCUT2D eigenvalue weighted by Gasteiger charge is 2.25. The van der Waals surface area contributed by atoms with Gasteiger partial charge in [0.15, 0.2) is 5.96 Å². The summed E-state index contributed by atoms with van der Waals surface area (Å²) in [7, 11) is 3.51. The van der Waals surface area contributed by atoms with Crippen molar-refractivity contribution in [2.75, 3.05) is 40.3 Å². The first-order valence-corrected chi connectivity index (χ1v) is 10.6. The van der Waals surface area contributed by atoms with Gasteiger partial charge in [-0.2, -0.15) is 0 Å². The van der Waals surface area contributed by atoms with Gasteiger partial charge in [0, 0.05) is 52.2 Å². The third-order valence-corrected chi connectivity index (χ3v) is 4.77. The van der Waals surface area contributed by atoms with Gasteiger partial charge in [0.2, 0.25) is 5.91 Å². The zero-order chi connectivity index (χ0) is 22.2. The Kier molecular flexibility index (Phi) is 9.73. The lowest BCUT2D eigenvalue weighted by Gasteiger charge is -2.34. The van der Waals surface area contributed by atoms with E-state index in [4.69, 9.17) is 4.74 Å². The number of carbonyl (C=O) groups is 2. The normalized spacial score (nSPS) is 17.1. The Bertz CT molecular complexity index is 563. The number of carbonyl (C=O) groups excluding carboxylic acids is 2. The maximum Gasteiger partial charge on any atom is 0.410 e. The van der Waals surface area contributed by atoms with E-state index in [-0.39, 0.29) is 23.8 Å². The average molecular weight is 412 g/mol. The van der Waals surface area contributed by atoms with Gasteiger partial charge in [-0.25, -0.2) is 4.79 Å². The number of aliphatic imine (C=N–C) groups is 1. The SMILES string of the molecule is CN=C(NCC(C)CN(C)C(=O)OC(C)(C)C)NC1CCN(C(=O)C(C)C)CC1. The molecule has 29 heavy (non-hydrogen) atoms. The Hall–Kier alpha value is -1.99. The van der Waals surface area contributed by atoms with Crippen molar-refractivity contribution in [1.82, 2.24) is 20.4 Å². The van der Waals surface area contributed by atoms with E-state index in [1.165, 1.54) is 0 Å². The molecule has 1 atom stereocenters. The van der Waals surface area contributed by atoms with Crippen molar-refractivity contribution in [2.45, 2.75) is 66.0 Å². The Labute approximate surface area is 176 Å². The first kappa shape index (κ1) is 25.0. The van der Waals surface area contributed by atoms with Crippen LogP contribution in [0.2, 0.25) is 0 Å². The fourth-order valence-corrected chi connectivity index (χ4v) is 3.21. The molecule has 0 aromatic heterocycles. The van der Waals surface area contributed by atoms with Crippen LogP contribution in [0.5, 0.6) is 0 Å². The molecule has 1 heterocycles. The van der Waals surface area contributed by atoms with E-state index >= 15 is 0 Å². The topological polar surface area (TPSA) is 86.3 Å². The van der Waals surface area contributed by atoms with E-state index in [2.05, 4.69) is 22.5 Å². The van der Waals surface area contributed by atoms with Gasteiger partial charge < -0.3 is 25.2 Å². The highest BCUT2D eigenvalue weighted by Crippen LogP contribution is 2.13. The molecule has 0 bridgehead atoms. The maximum atomic E-state index is 12.1. The zero-order valence-corrected chi connectivity index (χ0v) is 19.5. The molecule has 2 N–H and O–H groups in total. The number of rotatable bonds is 6. The summed E-state index contributed by atoms with van der Waals surface area (Å²) in [6, 6.07) is 0.303. The summed E-state index contributed by atoms with van der Waals surface area (Å²) in [5.41, 5.74) is -0.492. The van der Waals surface area contributed by atoms with E-state index in [9.17, 15) is 9.59 Å². The molecule has 1 unspecified atom stereocenters. The quantitative estimate of drug-likeness (QED) is 0.517. The van der Waals surface area contributed by atoms with Crippen LogP contribution in [0.15, 0.2) is 4.99 Å². The molecule has 0 spiro atoms. The number of hydrogen-bond donors (Lipinski definition) is 2. The monoisotopic (exact) mass is 411 g/mol. The minimum atomic E-state index is -0.492. The molecule has 1 aliphatic rings. The van der Waals surface area contributed by atoms with Gasteiger partial charge in [0.1, 0.15) is 5.60 Å². The standard InChI is InChI=1S/C21H41N5O3/c1-15(2)18(27)26-11-9-17(10-12-26)24-19(22-7)23-13-16(3)14-25(8)20(28)29-21(4,5)6/h15-17H,9-14H2,1-8H3,(H2,22,23,24). The Morgan fingerprint density at radius 3 is 2.28 bits per heavy atom. The van der Waals surface area contributed by atoms with Crippen LogP contribution in [0, 0.1) is 11.8 Å². The Morgan fingerprint density at radius 1 is 1.21 bits per heavy atom. The van der Waals surface area contributed by atoms with Crippen molar-refractivity contribution in [3.63, 3.8) is 0 Å². The zero-order valence-electron chi connectivity index (χ0n) is 19.5. The number of amides is 2. The number of nitrogens with zero attached hydrogens (tertiary/aromatic N) is 3. The summed E-state index contributed by atoms with van der Waals surface area (Å²) < 4.78 is 5.39. The Balaban J connectivity index is 2.37. The molecule has 0 aromatic carbocycles. The molecular weight excluding hydrogens is 370 g/mol. The molecule has 168 valence electrons. The average Bonchev–Trinajstić information content (AvgIpc) is 2.63. The van der Waals surface area contributed by atoms with Crippen LogP contribution >= 0.6 is 0 Å². The minimum Gasteiger partial charge on any atom is -0.444 e. The number of ether oxygens (including phenoxy) is 1. The first-order chi connectivity index (χ1) is 13.4. The molecule has 1 fully saturated rings. The lowest BCUT2D eigenvalue weighted by atomic mass is 10.0. The van der Waals surface area contributed by atoms with Crippen LogP contribution in [0.1, 0.15) is 54.4 Å². The van der Waals surface area contributed by atoms with Gasteiger partial charge in [-0.15, -0.1) is 0 Å². The van der Waals surface area contributed by atoms with Gasteiger partial charge in [-0.3, -0.25) is 9.79 Å². The van der Waals surface area contributed by atoms with Gasteiger partial charge >= 0.3 is 6.09 Å². The molecule has 1 aliphatic heterocycles. The molecule has 8 heteroatoms. The number of nitrogens with one attached hydrogen (secondary N) is 2. The van der Waals surface area contributed by atoms with Crippen LogP contribution in [0.3, 0.4) is 0 Å². The van der Waals surface area contributed by atoms with Gasteiger partial charge in [-0.1, -0.05) is 20.8 Å². The number of piperidine rings is 1. The molecular formula is C21H41N5O3. The highest BCUT2D eigenvalue weighted by molar-refractivity contribution is 5.80. The fourth-order valence-electron chi connectivity index (χ4n) is 3.21. The second-order valence-corrected chi connectivity index (χ2v) is 9.32. The van der Waals surface area contributed by atoms with Crippen molar-refractivity contribution in [3.05, 3.63) is 0 Å². The van der Waals surface area contributed by atoms with Gasteiger partial charge in [0.05, 0.1) is 0 Å². The second kappa shape index (κ2) is 11.3. The largest absolute Gasteiger partial charge is 0.444 e. The maximum absolute atomic E-state index is 12.1. The molecule has 0 saturated carbocycles. The van der Waals surface area contributed by atoms with Crippen molar-refractivity contribution in [1.29, 1.82) is 0 Å². The summed E-state index contributed by atoms with van der Waals surface area (Å²) in [4.78, 5) is 32.1. The predicted molar refractivity (Wildman–Crippen MR) is 117 cm³/mol. The summed E-state index contributed by atoms with van der Waals surface area (Å²) in [5.74, 6) is 1.27. The fraction of sp³-hybridized carbons (Fsp3) is 0.857. The summed E-state index contributed by atoms with van der Waals surface area (Å²) in [6.07, 6.45) is 1.51.